The summed E-state index contributed by atoms with van der Waals surface area (Å²) in [5.41, 5.74) is 13.5. The molecular weight excluding hydrogens is 640 g/mol. The molecule has 0 saturated carbocycles. The maximum atomic E-state index is 13.0. The summed E-state index contributed by atoms with van der Waals surface area (Å²) in [6.45, 7) is 16.3. The summed E-state index contributed by atoms with van der Waals surface area (Å²) in [7, 11) is 1.63. The van der Waals surface area contributed by atoms with Gasteiger partial charge in [-0.05, 0) is 107 Å². The van der Waals surface area contributed by atoms with Gasteiger partial charge in [0.1, 0.15) is 29.4 Å². The quantitative estimate of drug-likeness (QED) is 0.115. The molecule has 1 amide bonds. The zero-order valence-corrected chi connectivity index (χ0v) is 31.3. The molecule has 0 atom stereocenters. The van der Waals surface area contributed by atoms with Crippen molar-refractivity contribution < 1.29 is 23.8 Å². The van der Waals surface area contributed by atoms with Crippen LogP contribution in [0.15, 0.2) is 78.9 Å². The molecule has 9 nitrogen and oxygen atoms in total. The van der Waals surface area contributed by atoms with Crippen LogP contribution in [0.5, 0.6) is 5.75 Å². The van der Waals surface area contributed by atoms with Gasteiger partial charge >= 0.3 is 12.1 Å². The minimum absolute atomic E-state index is 0.316. The van der Waals surface area contributed by atoms with Crippen LogP contribution in [-0.4, -0.2) is 39.9 Å². The van der Waals surface area contributed by atoms with Crippen molar-refractivity contribution in [2.24, 2.45) is 0 Å². The molecule has 1 aromatic heterocycles. The van der Waals surface area contributed by atoms with Crippen LogP contribution >= 0.6 is 0 Å². The highest BCUT2D eigenvalue weighted by Crippen LogP contribution is 2.31. The SMILES string of the molecule is CCCc1nc2c(C)cc(COc3ccc(N)c(N(C)C(=O)OC(C)(C)C)c3)cc2n1Cc1ccc(-c2ccccc2C(=O)OC(C)(C)C)cc1. The fraction of sp³-hybridized carbons (Fsp3) is 0.357. The number of aryl methyl sites for hydroxylation is 2. The van der Waals surface area contributed by atoms with Crippen LogP contribution in [0.1, 0.15) is 87.8 Å². The van der Waals surface area contributed by atoms with Crippen LogP contribution in [-0.2, 0) is 29.0 Å². The first-order valence-corrected chi connectivity index (χ1v) is 17.4. The smallest absolute Gasteiger partial charge is 0.414 e. The minimum Gasteiger partial charge on any atom is -0.489 e. The van der Waals surface area contributed by atoms with E-state index in [9.17, 15) is 9.59 Å². The first-order chi connectivity index (χ1) is 24.0. The zero-order chi connectivity index (χ0) is 37.1. The van der Waals surface area contributed by atoms with Crippen molar-refractivity contribution in [3.8, 4) is 16.9 Å². The molecule has 5 rings (SSSR count). The zero-order valence-electron chi connectivity index (χ0n) is 31.3. The molecule has 0 radical (unpaired) electrons. The molecule has 2 N–H and O–H groups in total. The van der Waals surface area contributed by atoms with Crippen molar-refractivity contribution in [3.05, 3.63) is 107 Å². The number of imidazole rings is 1. The Labute approximate surface area is 301 Å². The van der Waals surface area contributed by atoms with Crippen molar-refractivity contribution in [1.29, 1.82) is 0 Å². The van der Waals surface area contributed by atoms with E-state index in [2.05, 4.69) is 54.8 Å². The lowest BCUT2D eigenvalue weighted by molar-refractivity contribution is 0.00701. The maximum Gasteiger partial charge on any atom is 0.414 e. The Bertz CT molecular complexity index is 2030. The summed E-state index contributed by atoms with van der Waals surface area (Å²) in [5, 5.41) is 0. The largest absolute Gasteiger partial charge is 0.489 e. The summed E-state index contributed by atoms with van der Waals surface area (Å²) >= 11 is 0. The average Bonchev–Trinajstić information content (AvgIpc) is 3.40. The molecule has 268 valence electrons. The third kappa shape index (κ3) is 9.08. The van der Waals surface area contributed by atoms with Crippen molar-refractivity contribution in [2.45, 2.75) is 92.6 Å². The third-order valence-electron chi connectivity index (χ3n) is 8.24. The number of amides is 1. The number of fused-ring (bicyclic) bond motifs is 1. The van der Waals surface area contributed by atoms with E-state index in [-0.39, 0.29) is 5.97 Å². The number of hydrogen-bond acceptors (Lipinski definition) is 7. The second-order valence-corrected chi connectivity index (χ2v) is 14.9. The molecule has 0 unspecified atom stereocenters. The summed E-state index contributed by atoms with van der Waals surface area (Å²) in [6.07, 6.45) is 1.32. The number of ether oxygens (including phenoxy) is 3. The van der Waals surface area contributed by atoms with Gasteiger partial charge in [-0.3, -0.25) is 4.90 Å². The van der Waals surface area contributed by atoms with Gasteiger partial charge in [-0.1, -0.05) is 55.5 Å². The lowest BCUT2D eigenvalue weighted by Gasteiger charge is -2.25. The highest BCUT2D eigenvalue weighted by atomic mass is 16.6. The number of anilines is 2. The number of hydrogen-bond donors (Lipinski definition) is 1. The fourth-order valence-corrected chi connectivity index (χ4v) is 5.91. The molecule has 0 fully saturated rings. The van der Waals surface area contributed by atoms with E-state index in [4.69, 9.17) is 24.9 Å². The average molecular weight is 691 g/mol. The molecule has 0 aliphatic rings. The molecular formula is C42H50N4O5. The first kappa shape index (κ1) is 37.0. The van der Waals surface area contributed by atoms with Gasteiger partial charge in [-0.25, -0.2) is 14.6 Å². The second-order valence-electron chi connectivity index (χ2n) is 14.9. The van der Waals surface area contributed by atoms with E-state index in [0.717, 1.165) is 57.5 Å². The maximum absolute atomic E-state index is 13.0. The van der Waals surface area contributed by atoms with Gasteiger partial charge in [0.05, 0.1) is 28.0 Å². The highest BCUT2D eigenvalue weighted by Gasteiger charge is 2.23. The number of nitrogens with zero attached hydrogens (tertiary/aromatic N) is 3. The van der Waals surface area contributed by atoms with Crippen LogP contribution in [0.25, 0.3) is 22.2 Å². The van der Waals surface area contributed by atoms with Crippen molar-refractivity contribution >= 4 is 34.5 Å². The van der Waals surface area contributed by atoms with E-state index in [1.54, 1.807) is 25.2 Å². The van der Waals surface area contributed by atoms with Crippen molar-refractivity contribution in [2.75, 3.05) is 17.7 Å². The molecule has 1 heterocycles. The predicted octanol–water partition coefficient (Wildman–Crippen LogP) is 9.50. The minimum atomic E-state index is -0.632. The predicted molar refractivity (Wildman–Crippen MR) is 204 cm³/mol. The van der Waals surface area contributed by atoms with Crippen LogP contribution in [0.3, 0.4) is 0 Å². The Kier molecular flexibility index (Phi) is 10.8. The van der Waals surface area contributed by atoms with Gasteiger partial charge in [0.2, 0.25) is 0 Å². The van der Waals surface area contributed by atoms with E-state index >= 15 is 0 Å². The van der Waals surface area contributed by atoms with Gasteiger partial charge in [0.25, 0.3) is 0 Å². The molecule has 0 aliphatic carbocycles. The Morgan fingerprint density at radius 1 is 0.863 bits per heavy atom. The standard InChI is InChI=1S/C42H50N4O5/c1-10-13-37-44-38-27(2)22-29(26-49-31-20-21-34(43)35(24-31)45(9)40(48)51-42(6,7)8)23-36(38)46(37)25-28-16-18-30(19-17-28)32-14-11-12-15-33(32)39(47)50-41(3,4)5/h11-12,14-24H,10,13,25-26,43H2,1-9H3. The molecule has 51 heavy (non-hydrogen) atoms. The molecule has 0 saturated heterocycles. The summed E-state index contributed by atoms with van der Waals surface area (Å²) in [4.78, 5) is 32.2. The van der Waals surface area contributed by atoms with Crippen LogP contribution in [0.2, 0.25) is 0 Å². The Balaban J connectivity index is 1.39. The number of carbonyl (C=O) groups excluding carboxylic acids is 2. The molecule has 9 heteroatoms. The monoisotopic (exact) mass is 690 g/mol. The topological polar surface area (TPSA) is 109 Å². The lowest BCUT2D eigenvalue weighted by Crippen LogP contribution is -2.34. The summed E-state index contributed by atoms with van der Waals surface area (Å²) in [6, 6.07) is 25.4. The third-order valence-corrected chi connectivity index (χ3v) is 8.24. The van der Waals surface area contributed by atoms with Gasteiger partial charge in [-0.15, -0.1) is 0 Å². The van der Waals surface area contributed by atoms with Crippen LogP contribution < -0.4 is 15.4 Å². The van der Waals surface area contributed by atoms with E-state index < -0.39 is 17.3 Å². The van der Waals surface area contributed by atoms with E-state index in [0.29, 0.717) is 35.8 Å². The first-order valence-electron chi connectivity index (χ1n) is 17.4. The van der Waals surface area contributed by atoms with Crippen LogP contribution in [0, 0.1) is 6.92 Å². The molecule has 0 bridgehead atoms. The number of carbonyl (C=O) groups is 2. The molecule has 4 aromatic carbocycles. The fourth-order valence-electron chi connectivity index (χ4n) is 5.91. The number of benzene rings is 4. The second kappa shape index (κ2) is 14.9. The number of rotatable bonds is 10. The number of aromatic nitrogens is 2. The number of nitrogens with two attached hydrogens (primary N) is 1. The van der Waals surface area contributed by atoms with Gasteiger partial charge < -0.3 is 24.5 Å². The molecule has 0 spiro atoms. The van der Waals surface area contributed by atoms with Gasteiger partial charge in [0.15, 0.2) is 0 Å². The summed E-state index contributed by atoms with van der Waals surface area (Å²) < 4.78 is 19.7. The Hall–Kier alpha value is -5.31. The lowest BCUT2D eigenvalue weighted by atomic mass is 9.98. The van der Waals surface area contributed by atoms with Crippen LogP contribution in [0.4, 0.5) is 16.2 Å². The van der Waals surface area contributed by atoms with Crippen molar-refractivity contribution in [1.82, 2.24) is 9.55 Å². The van der Waals surface area contributed by atoms with Gasteiger partial charge in [-0.2, -0.15) is 0 Å². The Morgan fingerprint density at radius 3 is 2.22 bits per heavy atom. The highest BCUT2D eigenvalue weighted by molar-refractivity contribution is 5.97. The van der Waals surface area contributed by atoms with E-state index in [1.165, 1.54) is 4.90 Å². The molecule has 5 aromatic rings. The Morgan fingerprint density at radius 2 is 1.55 bits per heavy atom. The number of nitrogen functional groups attached to an aromatic ring is 1. The summed E-state index contributed by atoms with van der Waals surface area (Å²) in [5.74, 6) is 1.28. The van der Waals surface area contributed by atoms with Gasteiger partial charge in [0, 0.05) is 26.1 Å². The normalized spacial score (nSPS) is 11.8. The number of esters is 1. The van der Waals surface area contributed by atoms with E-state index in [1.807, 2.05) is 65.8 Å². The van der Waals surface area contributed by atoms with Crippen molar-refractivity contribution in [3.63, 3.8) is 0 Å². The molecule has 0 aliphatic heterocycles.